The van der Waals surface area contributed by atoms with Crippen molar-refractivity contribution in [2.75, 3.05) is 12.3 Å². The van der Waals surface area contributed by atoms with Gasteiger partial charge in [0.25, 0.3) is 0 Å². The van der Waals surface area contributed by atoms with Crippen molar-refractivity contribution in [1.29, 1.82) is 0 Å². The Morgan fingerprint density at radius 1 is 1.27 bits per heavy atom. The SMILES string of the molecule is ClCOC[Si]c1ccccc1. The number of ether oxygens (including phenoxy) is 1. The Bertz CT molecular complexity index is 191. The van der Waals surface area contributed by atoms with Crippen LogP contribution >= 0.6 is 11.6 Å². The largest absolute Gasteiger partial charge is 0.369 e. The van der Waals surface area contributed by atoms with Crippen molar-refractivity contribution in [3.63, 3.8) is 0 Å². The molecule has 0 aliphatic heterocycles. The van der Waals surface area contributed by atoms with Gasteiger partial charge in [-0.1, -0.05) is 47.1 Å². The quantitative estimate of drug-likeness (QED) is 0.388. The fourth-order valence-corrected chi connectivity index (χ4v) is 1.73. The molecule has 0 spiro atoms. The average Bonchev–Trinajstić information content (AvgIpc) is 2.07. The van der Waals surface area contributed by atoms with Crippen LogP contribution in [0.3, 0.4) is 0 Å². The van der Waals surface area contributed by atoms with Crippen LogP contribution in [0.4, 0.5) is 0 Å². The lowest BCUT2D eigenvalue weighted by Crippen LogP contribution is -2.18. The van der Waals surface area contributed by atoms with E-state index in [1.807, 2.05) is 18.2 Å². The molecular weight excluding hydrogens is 176 g/mol. The molecule has 0 saturated heterocycles. The molecule has 0 bridgehead atoms. The van der Waals surface area contributed by atoms with Gasteiger partial charge < -0.3 is 4.74 Å². The molecule has 1 nitrogen and oxygen atoms in total. The maximum Gasteiger partial charge on any atom is 0.120 e. The number of hydrogen-bond acceptors (Lipinski definition) is 1. The summed E-state index contributed by atoms with van der Waals surface area (Å²) in [6.45, 7) is 0. The second-order valence-corrected chi connectivity index (χ2v) is 3.44. The van der Waals surface area contributed by atoms with Crippen LogP contribution in [0.2, 0.25) is 0 Å². The summed E-state index contributed by atoms with van der Waals surface area (Å²) in [4.78, 5) is 0. The third kappa shape index (κ3) is 3.56. The predicted octanol–water partition coefficient (Wildman–Crippen LogP) is 1.19. The van der Waals surface area contributed by atoms with Gasteiger partial charge in [-0.25, -0.2) is 0 Å². The zero-order chi connectivity index (χ0) is 7.94. The highest BCUT2D eigenvalue weighted by atomic mass is 35.5. The lowest BCUT2D eigenvalue weighted by Gasteiger charge is -1.97. The summed E-state index contributed by atoms with van der Waals surface area (Å²) in [7, 11) is 0.705. The van der Waals surface area contributed by atoms with Gasteiger partial charge in [0.2, 0.25) is 0 Å². The standard InChI is InChI=1S/C8H9ClOSi/c9-6-10-7-11-8-4-2-1-3-5-8/h1-5H,6-7H2. The Morgan fingerprint density at radius 3 is 2.64 bits per heavy atom. The van der Waals surface area contributed by atoms with Crippen LogP contribution in [0.25, 0.3) is 0 Å². The molecule has 1 aromatic rings. The molecule has 58 valence electrons. The molecule has 2 radical (unpaired) electrons. The molecule has 0 atom stereocenters. The van der Waals surface area contributed by atoms with E-state index in [0.29, 0.717) is 15.6 Å². The average molecular weight is 185 g/mol. The first-order valence-corrected chi connectivity index (χ1v) is 5.10. The zero-order valence-electron chi connectivity index (χ0n) is 6.09. The lowest BCUT2D eigenvalue weighted by molar-refractivity contribution is 0.230. The van der Waals surface area contributed by atoms with Crippen LogP contribution < -0.4 is 5.19 Å². The van der Waals surface area contributed by atoms with Gasteiger partial charge in [-0.15, -0.1) is 0 Å². The van der Waals surface area contributed by atoms with Gasteiger partial charge in [0.05, 0.1) is 0 Å². The molecule has 3 heteroatoms. The van der Waals surface area contributed by atoms with Crippen molar-refractivity contribution >= 4 is 26.3 Å². The highest BCUT2D eigenvalue weighted by Gasteiger charge is 1.91. The van der Waals surface area contributed by atoms with E-state index >= 15 is 0 Å². The first-order valence-electron chi connectivity index (χ1n) is 3.36. The number of halogens is 1. The lowest BCUT2D eigenvalue weighted by atomic mass is 10.4. The van der Waals surface area contributed by atoms with Gasteiger partial charge in [-0.2, -0.15) is 0 Å². The summed E-state index contributed by atoms with van der Waals surface area (Å²) < 4.78 is 5.02. The van der Waals surface area contributed by atoms with E-state index in [4.69, 9.17) is 16.3 Å². The monoisotopic (exact) mass is 184 g/mol. The van der Waals surface area contributed by atoms with Gasteiger partial charge >= 0.3 is 0 Å². The second kappa shape index (κ2) is 5.35. The summed E-state index contributed by atoms with van der Waals surface area (Å²) in [6, 6.07) is 10.5. The normalized spacial score (nSPS) is 9.91. The third-order valence-corrected chi connectivity index (χ3v) is 2.47. The van der Waals surface area contributed by atoms with Crippen LogP contribution in [0.15, 0.2) is 30.3 Å². The van der Waals surface area contributed by atoms with Crippen LogP contribution in [0.1, 0.15) is 0 Å². The van der Waals surface area contributed by atoms with Crippen molar-refractivity contribution in [2.24, 2.45) is 0 Å². The topological polar surface area (TPSA) is 9.23 Å². The molecule has 0 heterocycles. The van der Waals surface area contributed by atoms with Gasteiger partial charge in [0.1, 0.15) is 15.6 Å². The van der Waals surface area contributed by atoms with Crippen LogP contribution in [-0.4, -0.2) is 21.8 Å². The summed E-state index contributed by atoms with van der Waals surface area (Å²) in [5.41, 5.74) is 0. The molecular formula is C8H9ClOSi. The molecule has 0 N–H and O–H groups in total. The summed E-state index contributed by atoms with van der Waals surface area (Å²) in [5, 5.41) is 1.32. The maximum absolute atomic E-state index is 5.35. The fraction of sp³-hybridized carbons (Fsp3) is 0.250. The molecule has 11 heavy (non-hydrogen) atoms. The first kappa shape index (κ1) is 8.78. The van der Waals surface area contributed by atoms with E-state index < -0.39 is 0 Å². The van der Waals surface area contributed by atoms with E-state index in [0.717, 1.165) is 6.23 Å². The number of benzene rings is 1. The van der Waals surface area contributed by atoms with Gasteiger partial charge in [-0.05, 0) is 0 Å². The summed E-state index contributed by atoms with van der Waals surface area (Å²) in [6.07, 6.45) is 0.730. The Kier molecular flexibility index (Phi) is 4.27. The molecule has 0 unspecified atom stereocenters. The highest BCUT2D eigenvalue weighted by Crippen LogP contribution is 1.82. The van der Waals surface area contributed by atoms with Crippen molar-refractivity contribution in [3.8, 4) is 0 Å². The Hall–Kier alpha value is -0.313. The van der Waals surface area contributed by atoms with E-state index in [1.54, 1.807) is 0 Å². The van der Waals surface area contributed by atoms with E-state index in [1.165, 1.54) is 5.19 Å². The first-order chi connectivity index (χ1) is 5.43. The van der Waals surface area contributed by atoms with Gasteiger partial charge in [-0.3, -0.25) is 0 Å². The Morgan fingerprint density at radius 2 is 2.00 bits per heavy atom. The van der Waals surface area contributed by atoms with Crippen LogP contribution in [0.5, 0.6) is 0 Å². The van der Waals surface area contributed by atoms with E-state index in [-0.39, 0.29) is 0 Å². The molecule has 0 fully saturated rings. The van der Waals surface area contributed by atoms with Gasteiger partial charge in [0, 0.05) is 6.23 Å². The Balaban J connectivity index is 2.28. The molecule has 0 amide bonds. The number of hydrogen-bond donors (Lipinski definition) is 0. The number of rotatable bonds is 4. The molecule has 0 aromatic heterocycles. The van der Waals surface area contributed by atoms with Crippen molar-refractivity contribution in [1.82, 2.24) is 0 Å². The predicted molar refractivity (Wildman–Crippen MR) is 48.5 cm³/mol. The van der Waals surface area contributed by atoms with Crippen molar-refractivity contribution in [3.05, 3.63) is 30.3 Å². The minimum Gasteiger partial charge on any atom is -0.369 e. The van der Waals surface area contributed by atoms with Crippen molar-refractivity contribution in [2.45, 2.75) is 0 Å². The molecule has 1 rings (SSSR count). The summed E-state index contributed by atoms with van der Waals surface area (Å²) >= 11 is 5.35. The minimum absolute atomic E-state index is 0.292. The minimum atomic E-state index is 0.292. The van der Waals surface area contributed by atoms with Crippen LogP contribution in [-0.2, 0) is 4.74 Å². The maximum atomic E-state index is 5.35. The zero-order valence-corrected chi connectivity index (χ0v) is 7.84. The molecule has 0 aliphatic rings. The van der Waals surface area contributed by atoms with E-state index in [9.17, 15) is 0 Å². The smallest absolute Gasteiger partial charge is 0.120 e. The Labute approximate surface area is 74.2 Å². The van der Waals surface area contributed by atoms with Crippen LogP contribution in [0, 0.1) is 0 Å². The fourth-order valence-electron chi connectivity index (χ4n) is 0.729. The highest BCUT2D eigenvalue weighted by molar-refractivity contribution is 6.53. The number of alkyl halides is 1. The molecule has 0 aliphatic carbocycles. The van der Waals surface area contributed by atoms with Gasteiger partial charge in [0.15, 0.2) is 0 Å². The third-order valence-electron chi connectivity index (χ3n) is 1.23. The molecule has 0 saturated carbocycles. The molecule has 1 aromatic carbocycles. The van der Waals surface area contributed by atoms with E-state index in [2.05, 4.69) is 12.1 Å². The van der Waals surface area contributed by atoms with Crippen molar-refractivity contribution < 1.29 is 4.74 Å². The summed E-state index contributed by atoms with van der Waals surface area (Å²) in [5.74, 6) is 0. The second-order valence-electron chi connectivity index (χ2n) is 2.00.